The summed E-state index contributed by atoms with van der Waals surface area (Å²) in [4.78, 5) is 58.1. The Morgan fingerprint density at radius 2 is 1.92 bits per heavy atom. The number of nitrogens with zero attached hydrogens (tertiary/aromatic N) is 3. The monoisotopic (exact) mass is 500 g/mol. The molecule has 36 heavy (non-hydrogen) atoms. The van der Waals surface area contributed by atoms with E-state index in [2.05, 4.69) is 10.3 Å². The van der Waals surface area contributed by atoms with E-state index in [4.69, 9.17) is 14.2 Å². The number of esters is 1. The van der Waals surface area contributed by atoms with Gasteiger partial charge >= 0.3 is 12.1 Å². The Bertz CT molecular complexity index is 1120. The fourth-order valence-electron chi connectivity index (χ4n) is 4.15. The van der Waals surface area contributed by atoms with Crippen LogP contribution in [-0.2, 0) is 19.1 Å². The minimum absolute atomic E-state index is 0.0484. The van der Waals surface area contributed by atoms with Gasteiger partial charge < -0.3 is 29.3 Å². The van der Waals surface area contributed by atoms with Crippen molar-refractivity contribution >= 4 is 34.8 Å². The highest BCUT2D eigenvalue weighted by Crippen LogP contribution is 2.25. The molecule has 0 spiro atoms. The van der Waals surface area contributed by atoms with Crippen LogP contribution < -0.4 is 10.1 Å². The molecule has 0 bridgehead atoms. The molecule has 194 valence electrons. The maximum Gasteiger partial charge on any atom is 0.409 e. The van der Waals surface area contributed by atoms with Crippen LogP contribution in [-0.4, -0.2) is 91.2 Å². The highest BCUT2D eigenvalue weighted by molar-refractivity contribution is 5.99. The number of hydrogen-bond acceptors (Lipinski definition) is 8. The molecule has 0 aliphatic carbocycles. The molecule has 2 aromatic rings. The quantitative estimate of drug-likeness (QED) is 0.545. The molecule has 1 saturated heterocycles. The first-order valence-electron chi connectivity index (χ1n) is 11.8. The van der Waals surface area contributed by atoms with Crippen LogP contribution in [0.1, 0.15) is 37.2 Å². The number of piperazine rings is 1. The van der Waals surface area contributed by atoms with Gasteiger partial charge in [-0.15, -0.1) is 0 Å². The molecule has 1 aliphatic heterocycles. The highest BCUT2D eigenvalue weighted by atomic mass is 16.6. The molecule has 11 nitrogen and oxygen atoms in total. The lowest BCUT2D eigenvalue weighted by Gasteiger charge is -2.40. The van der Waals surface area contributed by atoms with Gasteiger partial charge in [-0.1, -0.05) is 12.1 Å². The third-order valence-corrected chi connectivity index (χ3v) is 6.04. The number of para-hydroxylation sites is 1. The minimum Gasteiger partial charge on any atom is -0.496 e. The van der Waals surface area contributed by atoms with Crippen LogP contribution in [0.4, 0.5) is 4.79 Å². The van der Waals surface area contributed by atoms with E-state index in [1.54, 1.807) is 28.9 Å². The van der Waals surface area contributed by atoms with Crippen LogP contribution in [0.25, 0.3) is 10.9 Å². The van der Waals surface area contributed by atoms with Crippen molar-refractivity contribution in [3.8, 4) is 5.75 Å². The first-order chi connectivity index (χ1) is 17.3. The van der Waals surface area contributed by atoms with Crippen molar-refractivity contribution in [1.82, 2.24) is 20.1 Å². The number of amides is 3. The van der Waals surface area contributed by atoms with E-state index < -0.39 is 24.0 Å². The predicted octanol–water partition coefficient (Wildman–Crippen LogP) is 1.98. The molecule has 1 N–H and O–H groups in total. The number of ether oxygens (including phenoxy) is 3. The van der Waals surface area contributed by atoms with Crippen LogP contribution in [0.5, 0.6) is 5.75 Å². The number of rotatable bonds is 8. The number of benzene rings is 1. The van der Waals surface area contributed by atoms with Crippen molar-refractivity contribution in [3.63, 3.8) is 0 Å². The zero-order chi connectivity index (χ0) is 26.2. The van der Waals surface area contributed by atoms with E-state index in [1.807, 2.05) is 19.1 Å². The van der Waals surface area contributed by atoms with Gasteiger partial charge in [0.25, 0.3) is 5.91 Å². The lowest BCUT2D eigenvalue weighted by Crippen LogP contribution is -2.59. The highest BCUT2D eigenvalue weighted by Gasteiger charge is 2.35. The van der Waals surface area contributed by atoms with Gasteiger partial charge in [0.15, 0.2) is 0 Å². The van der Waals surface area contributed by atoms with Crippen LogP contribution in [0, 0.1) is 0 Å². The lowest BCUT2D eigenvalue weighted by molar-refractivity contribution is -0.141. The van der Waals surface area contributed by atoms with Crippen molar-refractivity contribution in [2.75, 3.05) is 40.5 Å². The van der Waals surface area contributed by atoms with E-state index in [1.165, 1.54) is 20.3 Å². The van der Waals surface area contributed by atoms with Crippen molar-refractivity contribution in [2.24, 2.45) is 0 Å². The Labute approximate surface area is 209 Å². The fourth-order valence-corrected chi connectivity index (χ4v) is 4.15. The molecule has 1 aromatic carbocycles. The summed E-state index contributed by atoms with van der Waals surface area (Å²) in [5.74, 6) is -0.935. The zero-order valence-corrected chi connectivity index (χ0v) is 21.0. The number of methoxy groups -OCH3 is 2. The maximum atomic E-state index is 13.5. The number of pyridine rings is 1. The van der Waals surface area contributed by atoms with Crippen LogP contribution in [0.2, 0.25) is 0 Å². The molecular weight excluding hydrogens is 468 g/mol. The second-order valence-electron chi connectivity index (χ2n) is 8.39. The predicted molar refractivity (Wildman–Crippen MR) is 131 cm³/mol. The van der Waals surface area contributed by atoms with Gasteiger partial charge in [0.1, 0.15) is 17.5 Å². The van der Waals surface area contributed by atoms with Gasteiger partial charge in [-0.05, 0) is 32.4 Å². The summed E-state index contributed by atoms with van der Waals surface area (Å²) in [5.41, 5.74) is 0.657. The van der Waals surface area contributed by atoms with Gasteiger partial charge in [-0.25, -0.2) is 9.78 Å². The van der Waals surface area contributed by atoms with E-state index >= 15 is 0 Å². The smallest absolute Gasteiger partial charge is 0.409 e. The van der Waals surface area contributed by atoms with Crippen molar-refractivity contribution in [2.45, 2.75) is 38.8 Å². The molecule has 11 heteroatoms. The molecular formula is C25H32N4O7. The van der Waals surface area contributed by atoms with E-state index in [0.29, 0.717) is 24.4 Å². The van der Waals surface area contributed by atoms with Crippen molar-refractivity contribution < 1.29 is 33.4 Å². The normalized spacial score (nSPS) is 16.3. The average molecular weight is 501 g/mol. The molecule has 0 radical (unpaired) electrons. The first kappa shape index (κ1) is 26.7. The molecule has 2 unspecified atom stereocenters. The molecule has 2 heterocycles. The van der Waals surface area contributed by atoms with E-state index in [0.717, 1.165) is 5.39 Å². The Balaban J connectivity index is 1.79. The topological polar surface area (TPSA) is 127 Å². The third kappa shape index (κ3) is 6.21. The van der Waals surface area contributed by atoms with Gasteiger partial charge in [0.2, 0.25) is 5.91 Å². The molecule has 3 amide bonds. The maximum absolute atomic E-state index is 13.5. The molecule has 2 atom stereocenters. The van der Waals surface area contributed by atoms with Crippen molar-refractivity contribution in [3.05, 3.63) is 36.0 Å². The summed E-state index contributed by atoms with van der Waals surface area (Å²) in [6, 6.07) is 7.45. The Hall–Kier alpha value is -3.89. The summed E-state index contributed by atoms with van der Waals surface area (Å²) < 4.78 is 15.2. The standard InChI is InChI=1S/C25H32N4O7/c1-5-36-25(33)28-12-13-29(16(2)15-28)24(32)19(10-11-22(30)35-4)27-23(31)20-14-21(34-3)17-8-6-7-9-18(17)26-20/h6-9,14,16,19H,5,10-13,15H2,1-4H3,(H,27,31). The number of carbonyl (C=O) groups is 4. The summed E-state index contributed by atoms with van der Waals surface area (Å²) in [7, 11) is 2.77. The van der Waals surface area contributed by atoms with Crippen molar-refractivity contribution in [1.29, 1.82) is 0 Å². The number of nitrogens with one attached hydrogen (secondary N) is 1. The summed E-state index contributed by atoms with van der Waals surface area (Å²) in [6.07, 6.45) is -0.436. The number of carbonyl (C=O) groups excluding carboxylic acids is 4. The lowest BCUT2D eigenvalue weighted by atomic mass is 10.1. The second kappa shape index (κ2) is 12.2. The molecule has 1 aromatic heterocycles. The number of fused-ring (bicyclic) bond motifs is 1. The van der Waals surface area contributed by atoms with Crippen LogP contribution in [0.3, 0.4) is 0 Å². The van der Waals surface area contributed by atoms with Crippen LogP contribution >= 0.6 is 0 Å². The van der Waals surface area contributed by atoms with E-state index in [9.17, 15) is 19.2 Å². The summed E-state index contributed by atoms with van der Waals surface area (Å²) >= 11 is 0. The third-order valence-electron chi connectivity index (χ3n) is 6.04. The number of aromatic nitrogens is 1. The molecule has 1 aliphatic rings. The van der Waals surface area contributed by atoms with Gasteiger partial charge in [0, 0.05) is 43.5 Å². The Kier molecular flexibility index (Phi) is 9.04. The zero-order valence-electron chi connectivity index (χ0n) is 21.0. The molecule has 0 saturated carbocycles. The van der Waals surface area contributed by atoms with Gasteiger partial charge in [0.05, 0.1) is 26.3 Å². The Morgan fingerprint density at radius 1 is 1.17 bits per heavy atom. The molecule has 1 fully saturated rings. The largest absolute Gasteiger partial charge is 0.496 e. The first-order valence-corrected chi connectivity index (χ1v) is 11.8. The number of hydrogen-bond donors (Lipinski definition) is 1. The average Bonchev–Trinajstić information content (AvgIpc) is 2.89. The summed E-state index contributed by atoms with van der Waals surface area (Å²) in [5, 5.41) is 3.49. The van der Waals surface area contributed by atoms with E-state index in [-0.39, 0.29) is 43.6 Å². The van der Waals surface area contributed by atoms with Gasteiger partial charge in [-0.2, -0.15) is 0 Å². The summed E-state index contributed by atoms with van der Waals surface area (Å²) in [6.45, 7) is 4.68. The van der Waals surface area contributed by atoms with Crippen LogP contribution in [0.15, 0.2) is 30.3 Å². The minimum atomic E-state index is -0.993. The Morgan fingerprint density at radius 3 is 2.58 bits per heavy atom. The fraction of sp³-hybridized carbons (Fsp3) is 0.480. The van der Waals surface area contributed by atoms with Gasteiger partial charge in [-0.3, -0.25) is 14.4 Å². The SMILES string of the molecule is CCOC(=O)N1CCN(C(=O)C(CCC(=O)OC)NC(=O)c2cc(OC)c3ccccc3n2)C(C)C1. The molecule has 3 rings (SSSR count). The second-order valence-corrected chi connectivity index (χ2v) is 8.39.